The zero-order valence-corrected chi connectivity index (χ0v) is 25.3. The molecule has 6 rings (SSSR count). The summed E-state index contributed by atoms with van der Waals surface area (Å²) in [5, 5.41) is 1.25. The highest BCUT2D eigenvalue weighted by atomic mass is 32.2. The number of fused-ring (bicyclic) bond motifs is 1. The fraction of sp³-hybridized carbons (Fsp3) is 0.469. The molecule has 226 valence electrons. The average molecular weight is 604 g/mol. The summed E-state index contributed by atoms with van der Waals surface area (Å²) in [6.45, 7) is 4.03. The second-order valence-corrected chi connectivity index (χ2v) is 12.7. The first-order chi connectivity index (χ1) is 20.9. The van der Waals surface area contributed by atoms with Gasteiger partial charge in [-0.2, -0.15) is 0 Å². The molecule has 2 aromatic heterocycles. The first-order valence-electron chi connectivity index (χ1n) is 15.0. The Balaban J connectivity index is 1.09. The Morgan fingerprint density at radius 3 is 2.56 bits per heavy atom. The molecule has 3 aromatic rings. The number of nitrogens with zero attached hydrogens (tertiary/aromatic N) is 5. The Morgan fingerprint density at radius 1 is 1.05 bits per heavy atom. The Bertz CT molecular complexity index is 1500. The molecule has 0 radical (unpaired) electrons. The summed E-state index contributed by atoms with van der Waals surface area (Å²) in [6, 6.07) is 13.4. The summed E-state index contributed by atoms with van der Waals surface area (Å²) in [7, 11) is 0. The van der Waals surface area contributed by atoms with Crippen molar-refractivity contribution in [1.82, 2.24) is 24.3 Å². The van der Waals surface area contributed by atoms with E-state index in [9.17, 15) is 14.4 Å². The third-order valence-corrected chi connectivity index (χ3v) is 9.62. The number of para-hydroxylation sites is 1. The Labute approximate surface area is 255 Å². The van der Waals surface area contributed by atoms with Crippen LogP contribution in [0.2, 0.25) is 0 Å². The number of carbonyl (C=O) groups excluding carboxylic acids is 2. The number of pyridine rings is 1. The maximum atomic E-state index is 14.0. The minimum atomic E-state index is -0.411. The van der Waals surface area contributed by atoms with Crippen molar-refractivity contribution in [1.29, 1.82) is 0 Å². The van der Waals surface area contributed by atoms with E-state index in [1.807, 2.05) is 41.3 Å². The summed E-state index contributed by atoms with van der Waals surface area (Å²) < 4.78 is 11.8. The molecule has 0 N–H and O–H groups in total. The lowest BCUT2D eigenvalue weighted by molar-refractivity contribution is -0.147. The summed E-state index contributed by atoms with van der Waals surface area (Å²) in [5.41, 5.74) is 3.23. The standard InChI is InChI=1S/C32H37N5O5S/c1-22(38)41-21-42-29-13-12-23(16-33-29)17-35-18-24(19-35)30(39)36-15-14-28-27(20-36)31(40)37(25-8-4-2-5-9-25)32(34-28)43-26-10-6-3-7-11-26/h2,4-5,8-9,12-13,16,24,26H,3,6-7,10-11,14-15,17-21H2,1H3. The number of carbonyl (C=O) groups is 2. The first kappa shape index (κ1) is 29.4. The first-order valence-corrected chi connectivity index (χ1v) is 15.9. The van der Waals surface area contributed by atoms with Crippen LogP contribution in [0.25, 0.3) is 5.69 Å². The third-order valence-electron chi connectivity index (χ3n) is 8.33. The third kappa shape index (κ3) is 6.94. The van der Waals surface area contributed by atoms with Crippen molar-refractivity contribution in [2.75, 3.05) is 26.4 Å². The normalized spacial score (nSPS) is 17.7. The van der Waals surface area contributed by atoms with E-state index in [0.29, 0.717) is 55.8 Å². The van der Waals surface area contributed by atoms with Crippen LogP contribution in [0.15, 0.2) is 58.6 Å². The fourth-order valence-corrected chi connectivity index (χ4v) is 7.32. The van der Waals surface area contributed by atoms with E-state index < -0.39 is 5.97 Å². The molecule has 10 nitrogen and oxygen atoms in total. The van der Waals surface area contributed by atoms with Gasteiger partial charge in [-0.3, -0.25) is 23.9 Å². The molecule has 43 heavy (non-hydrogen) atoms. The quantitative estimate of drug-likeness (QED) is 0.204. The van der Waals surface area contributed by atoms with Crippen LogP contribution in [-0.2, 0) is 33.8 Å². The summed E-state index contributed by atoms with van der Waals surface area (Å²) in [6.07, 6.45) is 8.37. The number of amides is 1. The Hall–Kier alpha value is -3.70. The molecule has 0 unspecified atom stereocenters. The van der Waals surface area contributed by atoms with Crippen molar-refractivity contribution in [2.45, 2.75) is 68.9 Å². The van der Waals surface area contributed by atoms with E-state index in [2.05, 4.69) is 9.88 Å². The number of esters is 1. The minimum Gasteiger partial charge on any atom is -0.440 e. The maximum absolute atomic E-state index is 14.0. The van der Waals surface area contributed by atoms with Gasteiger partial charge < -0.3 is 14.4 Å². The predicted molar refractivity (Wildman–Crippen MR) is 162 cm³/mol. The molecule has 0 bridgehead atoms. The molecule has 1 aromatic carbocycles. The van der Waals surface area contributed by atoms with Crippen LogP contribution in [0, 0.1) is 5.92 Å². The zero-order valence-electron chi connectivity index (χ0n) is 24.4. The number of hydrogen-bond acceptors (Lipinski definition) is 9. The van der Waals surface area contributed by atoms with E-state index in [0.717, 1.165) is 34.9 Å². The molecule has 1 aliphatic carbocycles. The number of benzene rings is 1. The molecular weight excluding hydrogens is 566 g/mol. The van der Waals surface area contributed by atoms with Crippen molar-refractivity contribution in [3.63, 3.8) is 0 Å². The number of thioether (sulfide) groups is 1. The predicted octanol–water partition coefficient (Wildman–Crippen LogP) is 3.97. The molecule has 2 fully saturated rings. The van der Waals surface area contributed by atoms with Crippen LogP contribution in [0.4, 0.5) is 0 Å². The fourth-order valence-electron chi connectivity index (χ4n) is 5.99. The second-order valence-electron chi connectivity index (χ2n) is 11.5. The van der Waals surface area contributed by atoms with Gasteiger partial charge in [0, 0.05) is 57.0 Å². The number of ether oxygens (including phenoxy) is 2. The van der Waals surface area contributed by atoms with Crippen molar-refractivity contribution in [3.05, 3.63) is 75.8 Å². The van der Waals surface area contributed by atoms with Crippen LogP contribution in [-0.4, -0.2) is 67.9 Å². The summed E-state index contributed by atoms with van der Waals surface area (Å²) >= 11 is 1.74. The molecule has 2 aliphatic heterocycles. The Kier molecular flexibility index (Phi) is 9.08. The van der Waals surface area contributed by atoms with E-state index in [-0.39, 0.29) is 24.2 Å². The second kappa shape index (κ2) is 13.3. The van der Waals surface area contributed by atoms with Gasteiger partial charge in [0.25, 0.3) is 5.56 Å². The van der Waals surface area contributed by atoms with Crippen molar-refractivity contribution in [3.8, 4) is 11.6 Å². The molecule has 0 spiro atoms. The molecule has 3 aliphatic rings. The summed E-state index contributed by atoms with van der Waals surface area (Å²) in [4.78, 5) is 51.7. The Morgan fingerprint density at radius 2 is 1.84 bits per heavy atom. The van der Waals surface area contributed by atoms with Crippen LogP contribution in [0.3, 0.4) is 0 Å². The van der Waals surface area contributed by atoms with Gasteiger partial charge in [0.2, 0.25) is 18.6 Å². The summed E-state index contributed by atoms with van der Waals surface area (Å²) in [5.74, 6) is -0.0225. The van der Waals surface area contributed by atoms with Gasteiger partial charge >= 0.3 is 5.97 Å². The molecule has 0 atom stereocenters. The van der Waals surface area contributed by atoms with Crippen molar-refractivity contribution in [2.24, 2.45) is 5.92 Å². The maximum Gasteiger partial charge on any atom is 0.305 e. The van der Waals surface area contributed by atoms with Gasteiger partial charge in [-0.1, -0.05) is 55.3 Å². The number of rotatable bonds is 9. The van der Waals surface area contributed by atoms with E-state index in [1.165, 1.54) is 26.2 Å². The minimum absolute atomic E-state index is 0.0602. The zero-order chi connectivity index (χ0) is 29.8. The lowest BCUT2D eigenvalue weighted by Crippen LogP contribution is -2.55. The van der Waals surface area contributed by atoms with Gasteiger partial charge in [-0.05, 0) is 30.5 Å². The highest BCUT2D eigenvalue weighted by Crippen LogP contribution is 2.34. The molecule has 1 saturated heterocycles. The van der Waals surface area contributed by atoms with Crippen molar-refractivity contribution < 1.29 is 19.1 Å². The van der Waals surface area contributed by atoms with Crippen LogP contribution >= 0.6 is 11.8 Å². The number of hydrogen-bond donors (Lipinski definition) is 0. The smallest absolute Gasteiger partial charge is 0.305 e. The lowest BCUT2D eigenvalue weighted by Gasteiger charge is -2.41. The highest BCUT2D eigenvalue weighted by molar-refractivity contribution is 7.99. The van der Waals surface area contributed by atoms with Crippen LogP contribution < -0.4 is 10.3 Å². The van der Waals surface area contributed by atoms with E-state index >= 15 is 0 Å². The van der Waals surface area contributed by atoms with Crippen LogP contribution in [0.5, 0.6) is 5.88 Å². The van der Waals surface area contributed by atoms with E-state index in [4.69, 9.17) is 14.5 Å². The molecule has 1 saturated carbocycles. The highest BCUT2D eigenvalue weighted by Gasteiger charge is 2.37. The molecule has 1 amide bonds. The SMILES string of the molecule is CC(=O)OCOc1ccc(CN2CC(C(=O)N3CCc4nc(SC5CCCCC5)n(-c5ccccc5)c(=O)c4C3)C2)cn1. The molecular formula is C32H37N5O5S. The molecule has 11 heteroatoms. The van der Waals surface area contributed by atoms with Gasteiger partial charge in [0.1, 0.15) is 0 Å². The van der Waals surface area contributed by atoms with Gasteiger partial charge in [-0.15, -0.1) is 0 Å². The van der Waals surface area contributed by atoms with Crippen LogP contribution in [0.1, 0.15) is 55.8 Å². The van der Waals surface area contributed by atoms with Crippen molar-refractivity contribution >= 4 is 23.6 Å². The van der Waals surface area contributed by atoms with Gasteiger partial charge in [-0.25, -0.2) is 9.97 Å². The number of aromatic nitrogens is 3. The van der Waals surface area contributed by atoms with Gasteiger partial charge in [0.15, 0.2) is 5.16 Å². The molecule has 4 heterocycles. The number of likely N-dealkylation sites (tertiary alicyclic amines) is 1. The average Bonchev–Trinajstić information content (AvgIpc) is 3.00. The topological polar surface area (TPSA) is 107 Å². The largest absolute Gasteiger partial charge is 0.440 e. The van der Waals surface area contributed by atoms with Gasteiger partial charge in [0.05, 0.1) is 29.4 Å². The monoisotopic (exact) mass is 603 g/mol. The van der Waals surface area contributed by atoms with E-state index in [1.54, 1.807) is 28.6 Å². The lowest BCUT2D eigenvalue weighted by atomic mass is 9.96.